The van der Waals surface area contributed by atoms with Crippen molar-refractivity contribution in [2.24, 2.45) is 0 Å². The van der Waals surface area contributed by atoms with Gasteiger partial charge >= 0.3 is 17.7 Å². The summed E-state index contributed by atoms with van der Waals surface area (Å²) in [6.45, 7) is 2.38. The highest BCUT2D eigenvalue weighted by Gasteiger charge is 2.36. The van der Waals surface area contributed by atoms with Crippen molar-refractivity contribution in [3.63, 3.8) is 0 Å². The average molecular weight is 407 g/mol. The van der Waals surface area contributed by atoms with Gasteiger partial charge in [0.05, 0.1) is 0 Å². The normalized spacial score (nSPS) is 15.9. The molecule has 0 spiro atoms. The number of rotatable bonds is 4. The smallest absolute Gasteiger partial charge is 0.410 e. The molecule has 1 atom stereocenters. The first-order valence-corrected chi connectivity index (χ1v) is 9.75. The van der Waals surface area contributed by atoms with Gasteiger partial charge in [-0.05, 0) is 43.0 Å². The van der Waals surface area contributed by atoms with E-state index in [0.717, 1.165) is 16.5 Å². The first-order valence-electron chi connectivity index (χ1n) is 9.75. The van der Waals surface area contributed by atoms with Crippen LogP contribution in [-0.2, 0) is 16.1 Å². The number of ether oxygens (including phenoxy) is 2. The lowest BCUT2D eigenvalue weighted by Gasteiger charge is -2.22. The fourth-order valence-electron chi connectivity index (χ4n) is 3.59. The molecular weight excluding hydrogens is 386 g/mol. The molecule has 1 fully saturated rings. The quantitative estimate of drug-likeness (QED) is 0.371. The number of aryl methyl sites for hydroxylation is 1. The van der Waals surface area contributed by atoms with Crippen molar-refractivity contribution in [1.29, 1.82) is 0 Å². The van der Waals surface area contributed by atoms with Crippen molar-refractivity contribution in [1.82, 2.24) is 4.90 Å². The monoisotopic (exact) mass is 407 g/mol. The summed E-state index contributed by atoms with van der Waals surface area (Å²) in [6.07, 6.45) is 0.644. The van der Waals surface area contributed by atoms with Crippen molar-refractivity contribution in [3.8, 4) is 5.75 Å². The van der Waals surface area contributed by atoms with Gasteiger partial charge in [0.15, 0.2) is 0 Å². The number of carbonyl (C=O) groups is 2. The number of hydrogen-bond acceptors (Lipinski definition) is 6. The number of esters is 1. The van der Waals surface area contributed by atoms with Crippen LogP contribution in [0.15, 0.2) is 63.8 Å². The Balaban J connectivity index is 1.44. The van der Waals surface area contributed by atoms with Crippen molar-refractivity contribution in [2.75, 3.05) is 6.54 Å². The molecule has 0 bridgehead atoms. The first kappa shape index (κ1) is 19.7. The van der Waals surface area contributed by atoms with Gasteiger partial charge in [-0.25, -0.2) is 14.4 Å². The molecule has 1 unspecified atom stereocenters. The molecule has 2 aromatic carbocycles. The largest absolute Gasteiger partial charge is 0.445 e. The molecule has 1 aliphatic heterocycles. The molecule has 2 heterocycles. The Hall–Kier alpha value is -3.61. The summed E-state index contributed by atoms with van der Waals surface area (Å²) in [6, 6.07) is 14.9. The minimum atomic E-state index is -0.714. The predicted octanol–water partition coefficient (Wildman–Crippen LogP) is 3.81. The van der Waals surface area contributed by atoms with E-state index in [1.807, 2.05) is 37.3 Å². The van der Waals surface area contributed by atoms with Crippen LogP contribution in [0.2, 0.25) is 0 Å². The van der Waals surface area contributed by atoms with Gasteiger partial charge < -0.3 is 13.9 Å². The van der Waals surface area contributed by atoms with Gasteiger partial charge in [-0.15, -0.1) is 0 Å². The van der Waals surface area contributed by atoms with Crippen LogP contribution in [0, 0.1) is 6.92 Å². The maximum atomic E-state index is 12.7. The van der Waals surface area contributed by atoms with E-state index in [1.54, 1.807) is 12.1 Å². The number of hydrogen-bond donors (Lipinski definition) is 0. The number of amides is 1. The molecule has 1 aliphatic rings. The van der Waals surface area contributed by atoms with Crippen LogP contribution in [0.1, 0.15) is 24.0 Å². The van der Waals surface area contributed by atoms with Crippen LogP contribution in [0.5, 0.6) is 5.75 Å². The van der Waals surface area contributed by atoms with Gasteiger partial charge in [-0.2, -0.15) is 0 Å². The van der Waals surface area contributed by atoms with Crippen molar-refractivity contribution in [2.45, 2.75) is 32.4 Å². The molecule has 0 N–H and O–H groups in total. The van der Waals surface area contributed by atoms with Crippen molar-refractivity contribution in [3.05, 3.63) is 76.1 Å². The first-order chi connectivity index (χ1) is 14.5. The molecule has 1 amide bonds. The van der Waals surface area contributed by atoms with Crippen molar-refractivity contribution < 1.29 is 23.5 Å². The second-order valence-corrected chi connectivity index (χ2v) is 7.22. The SMILES string of the molecule is Cc1cc(=O)oc2cc(OC(=O)C3CCCN3C(=O)OCc3ccccc3)ccc12. The van der Waals surface area contributed by atoms with E-state index in [4.69, 9.17) is 13.9 Å². The summed E-state index contributed by atoms with van der Waals surface area (Å²) in [7, 11) is 0. The predicted molar refractivity (Wildman–Crippen MR) is 109 cm³/mol. The average Bonchev–Trinajstić information content (AvgIpc) is 3.22. The Morgan fingerprint density at radius 2 is 1.93 bits per heavy atom. The fraction of sp³-hybridized carbons (Fsp3) is 0.261. The molecular formula is C23H21NO6. The highest BCUT2D eigenvalue weighted by atomic mass is 16.6. The van der Waals surface area contributed by atoms with E-state index in [2.05, 4.69) is 0 Å². The third-order valence-corrected chi connectivity index (χ3v) is 5.11. The summed E-state index contributed by atoms with van der Waals surface area (Å²) in [5, 5.41) is 0.765. The zero-order valence-corrected chi connectivity index (χ0v) is 16.5. The van der Waals surface area contributed by atoms with Gasteiger partial charge in [-0.1, -0.05) is 30.3 Å². The molecule has 7 heteroatoms. The molecule has 3 aromatic rings. The minimum Gasteiger partial charge on any atom is -0.445 e. The zero-order valence-electron chi connectivity index (χ0n) is 16.5. The second-order valence-electron chi connectivity index (χ2n) is 7.22. The highest BCUT2D eigenvalue weighted by Crippen LogP contribution is 2.25. The van der Waals surface area contributed by atoms with Crippen LogP contribution in [0.3, 0.4) is 0 Å². The summed E-state index contributed by atoms with van der Waals surface area (Å²) in [5.41, 5.74) is 1.53. The van der Waals surface area contributed by atoms with E-state index in [1.165, 1.54) is 17.0 Å². The second kappa shape index (κ2) is 8.41. The molecule has 0 radical (unpaired) electrons. The maximum absolute atomic E-state index is 12.7. The zero-order chi connectivity index (χ0) is 21.1. The van der Waals surface area contributed by atoms with Crippen LogP contribution in [0.4, 0.5) is 4.79 Å². The van der Waals surface area contributed by atoms with Crippen LogP contribution < -0.4 is 10.4 Å². The lowest BCUT2D eigenvalue weighted by molar-refractivity contribution is -0.139. The minimum absolute atomic E-state index is 0.140. The molecule has 0 saturated carbocycles. The number of carbonyl (C=O) groups excluding carboxylic acids is 2. The Bertz CT molecular complexity index is 1140. The number of likely N-dealkylation sites (tertiary alicyclic amines) is 1. The third kappa shape index (κ3) is 4.20. The Labute approximate surface area is 172 Å². The number of benzene rings is 2. The van der Waals surface area contributed by atoms with Crippen LogP contribution in [-0.4, -0.2) is 29.5 Å². The molecule has 7 nitrogen and oxygen atoms in total. The molecule has 1 saturated heterocycles. The fourth-order valence-corrected chi connectivity index (χ4v) is 3.59. The topological polar surface area (TPSA) is 86.0 Å². The van der Waals surface area contributed by atoms with Gasteiger partial charge in [0, 0.05) is 24.1 Å². The van der Waals surface area contributed by atoms with Crippen LogP contribution >= 0.6 is 0 Å². The summed E-state index contributed by atoms with van der Waals surface area (Å²) in [5.74, 6) is -0.288. The van der Waals surface area contributed by atoms with Crippen molar-refractivity contribution >= 4 is 23.0 Å². The Kier molecular flexibility index (Phi) is 5.52. The van der Waals surface area contributed by atoms with E-state index in [-0.39, 0.29) is 12.4 Å². The Morgan fingerprint density at radius 3 is 2.73 bits per heavy atom. The summed E-state index contributed by atoms with van der Waals surface area (Å²) in [4.78, 5) is 38.2. The van der Waals surface area contributed by atoms with Gasteiger partial charge in [-0.3, -0.25) is 4.90 Å². The standard InChI is InChI=1S/C23H21NO6/c1-15-12-21(25)30-20-13-17(9-10-18(15)20)29-22(26)19-8-5-11-24(19)23(27)28-14-16-6-3-2-4-7-16/h2-4,6-7,9-10,12-13,19H,5,8,11,14H2,1H3. The molecule has 30 heavy (non-hydrogen) atoms. The lowest BCUT2D eigenvalue weighted by atomic mass is 10.1. The van der Waals surface area contributed by atoms with Gasteiger partial charge in [0.25, 0.3) is 0 Å². The highest BCUT2D eigenvalue weighted by molar-refractivity contribution is 5.85. The number of nitrogens with zero attached hydrogens (tertiary/aromatic N) is 1. The summed E-state index contributed by atoms with van der Waals surface area (Å²) < 4.78 is 16.0. The third-order valence-electron chi connectivity index (χ3n) is 5.11. The van der Waals surface area contributed by atoms with Gasteiger partial charge in [0.2, 0.25) is 0 Å². The molecule has 154 valence electrons. The maximum Gasteiger partial charge on any atom is 0.410 e. The Morgan fingerprint density at radius 1 is 1.13 bits per heavy atom. The lowest BCUT2D eigenvalue weighted by Crippen LogP contribution is -2.42. The van der Waals surface area contributed by atoms with E-state index in [0.29, 0.717) is 25.0 Å². The van der Waals surface area contributed by atoms with Crippen LogP contribution in [0.25, 0.3) is 11.0 Å². The molecule has 1 aromatic heterocycles. The van der Waals surface area contributed by atoms with Gasteiger partial charge in [0.1, 0.15) is 24.0 Å². The summed E-state index contributed by atoms with van der Waals surface area (Å²) >= 11 is 0. The van der Waals surface area contributed by atoms with E-state index >= 15 is 0 Å². The van der Waals surface area contributed by atoms with E-state index in [9.17, 15) is 14.4 Å². The molecule has 4 rings (SSSR count). The number of fused-ring (bicyclic) bond motifs is 1. The molecule has 0 aliphatic carbocycles. The van der Waals surface area contributed by atoms with E-state index < -0.39 is 23.7 Å².